The number of amides is 4. The monoisotopic (exact) mass is 337 g/mol. The minimum atomic E-state index is -0.870. The summed E-state index contributed by atoms with van der Waals surface area (Å²) in [5.41, 5.74) is -0.870. The van der Waals surface area contributed by atoms with E-state index in [4.69, 9.17) is 0 Å². The first-order valence-corrected chi connectivity index (χ1v) is 8.46. The van der Waals surface area contributed by atoms with Crippen LogP contribution in [0.5, 0.6) is 0 Å². The zero-order chi connectivity index (χ0) is 16.6. The molecule has 2 heterocycles. The number of hydrogen-bond acceptors (Lipinski definition) is 6. The molecule has 4 amide bonds. The van der Waals surface area contributed by atoms with Gasteiger partial charge in [-0.2, -0.15) is 0 Å². The maximum absolute atomic E-state index is 12.0. The van der Waals surface area contributed by atoms with Gasteiger partial charge in [0.15, 0.2) is 0 Å². The lowest BCUT2D eigenvalue weighted by atomic mass is 10.1. The van der Waals surface area contributed by atoms with Crippen LogP contribution in [0, 0.1) is 0 Å². The second kappa shape index (κ2) is 5.88. The summed E-state index contributed by atoms with van der Waals surface area (Å²) in [7, 11) is 0. The first kappa shape index (κ1) is 15.9. The summed E-state index contributed by atoms with van der Waals surface area (Å²) in [4.78, 5) is 36.8. The molecule has 1 aliphatic carbocycles. The number of nitrogens with zero attached hydrogens (tertiary/aromatic N) is 3. The fourth-order valence-corrected chi connectivity index (χ4v) is 3.31. The van der Waals surface area contributed by atoms with Crippen molar-refractivity contribution in [1.29, 1.82) is 0 Å². The van der Waals surface area contributed by atoms with Gasteiger partial charge in [0.1, 0.15) is 10.5 Å². The molecule has 8 nitrogen and oxygen atoms in total. The van der Waals surface area contributed by atoms with Crippen LogP contribution in [-0.4, -0.2) is 45.0 Å². The van der Waals surface area contributed by atoms with Crippen molar-refractivity contribution in [3.63, 3.8) is 0 Å². The highest BCUT2D eigenvalue weighted by atomic mass is 32.1. The van der Waals surface area contributed by atoms with Gasteiger partial charge in [-0.25, -0.2) is 4.79 Å². The van der Waals surface area contributed by atoms with E-state index >= 15 is 0 Å². The fourth-order valence-electron chi connectivity index (χ4n) is 2.38. The van der Waals surface area contributed by atoms with Gasteiger partial charge in [-0.3, -0.25) is 14.5 Å². The van der Waals surface area contributed by atoms with Crippen molar-refractivity contribution in [1.82, 2.24) is 20.4 Å². The summed E-state index contributed by atoms with van der Waals surface area (Å²) in [6.45, 7) is 3.55. The molecule has 0 unspecified atom stereocenters. The fraction of sp³-hybridized carbons (Fsp3) is 0.643. The summed E-state index contributed by atoms with van der Waals surface area (Å²) >= 11 is 1.41. The van der Waals surface area contributed by atoms with Crippen LogP contribution in [0.25, 0.3) is 0 Å². The molecule has 124 valence electrons. The minimum absolute atomic E-state index is 0.185. The Hall–Kier alpha value is -2.03. The van der Waals surface area contributed by atoms with Crippen molar-refractivity contribution in [3.05, 3.63) is 5.01 Å². The molecule has 1 aromatic heterocycles. The van der Waals surface area contributed by atoms with E-state index in [9.17, 15) is 14.4 Å². The maximum Gasteiger partial charge on any atom is 0.325 e. The van der Waals surface area contributed by atoms with E-state index in [2.05, 4.69) is 20.8 Å². The molecule has 0 atom stereocenters. The third kappa shape index (κ3) is 3.49. The molecule has 0 spiro atoms. The van der Waals surface area contributed by atoms with Crippen molar-refractivity contribution in [2.45, 2.75) is 51.0 Å². The molecule has 2 aliphatic rings. The molecule has 1 aliphatic heterocycles. The number of carbonyl (C=O) groups is 3. The highest BCUT2D eigenvalue weighted by Crippen LogP contribution is 2.42. The van der Waals surface area contributed by atoms with E-state index in [1.807, 2.05) is 0 Å². The van der Waals surface area contributed by atoms with E-state index in [0.29, 0.717) is 17.5 Å². The van der Waals surface area contributed by atoms with Gasteiger partial charge in [-0.1, -0.05) is 11.3 Å². The highest BCUT2D eigenvalue weighted by molar-refractivity contribution is 7.15. The van der Waals surface area contributed by atoms with E-state index < -0.39 is 11.6 Å². The summed E-state index contributed by atoms with van der Waals surface area (Å²) in [5, 5.41) is 14.8. The molecule has 1 saturated carbocycles. The van der Waals surface area contributed by atoms with Crippen LogP contribution in [0.3, 0.4) is 0 Å². The molecule has 3 rings (SSSR count). The summed E-state index contributed by atoms with van der Waals surface area (Å²) < 4.78 is 0. The Bertz CT molecular complexity index is 653. The van der Waals surface area contributed by atoms with Crippen LogP contribution in [0.2, 0.25) is 0 Å². The maximum atomic E-state index is 12.0. The zero-order valence-corrected chi connectivity index (χ0v) is 13.9. The van der Waals surface area contributed by atoms with Gasteiger partial charge in [0.05, 0.1) is 0 Å². The van der Waals surface area contributed by atoms with E-state index in [-0.39, 0.29) is 24.8 Å². The molecule has 2 N–H and O–H groups in total. The molecule has 9 heteroatoms. The molecule has 0 radical (unpaired) electrons. The molecule has 1 saturated heterocycles. The first-order chi connectivity index (χ1) is 10.9. The zero-order valence-electron chi connectivity index (χ0n) is 13.1. The van der Waals surface area contributed by atoms with Crippen molar-refractivity contribution < 1.29 is 14.4 Å². The van der Waals surface area contributed by atoms with Crippen LogP contribution in [0.15, 0.2) is 0 Å². The summed E-state index contributed by atoms with van der Waals surface area (Å²) in [6, 6.07) is -0.404. The van der Waals surface area contributed by atoms with Crippen molar-refractivity contribution in [2.24, 2.45) is 0 Å². The number of imide groups is 1. The lowest BCUT2D eigenvalue weighted by molar-refractivity contribution is -0.130. The van der Waals surface area contributed by atoms with Gasteiger partial charge in [-0.05, 0) is 33.1 Å². The van der Waals surface area contributed by atoms with Gasteiger partial charge in [-0.15, -0.1) is 10.2 Å². The first-order valence-electron chi connectivity index (χ1n) is 7.64. The molecule has 0 aromatic carbocycles. The Kier molecular flexibility index (Phi) is 4.05. The Morgan fingerprint density at radius 1 is 1.39 bits per heavy atom. The van der Waals surface area contributed by atoms with Gasteiger partial charge in [0.2, 0.25) is 11.0 Å². The van der Waals surface area contributed by atoms with Crippen LogP contribution in [-0.2, 0) is 9.59 Å². The Morgan fingerprint density at radius 3 is 2.74 bits per heavy atom. The number of rotatable bonds is 6. The van der Waals surface area contributed by atoms with Crippen LogP contribution in [0.4, 0.5) is 9.93 Å². The topological polar surface area (TPSA) is 104 Å². The number of aromatic nitrogens is 2. The average Bonchev–Trinajstić information content (AvgIpc) is 3.18. The SMILES string of the molecule is CC1(C)NC(=O)N(CCCC(=O)Nc2nnc(C3CC3)s2)C1=O. The number of nitrogens with one attached hydrogen (secondary N) is 2. The third-order valence-corrected chi connectivity index (χ3v) is 4.84. The predicted molar refractivity (Wildman–Crippen MR) is 84.1 cm³/mol. The van der Waals surface area contributed by atoms with E-state index in [1.165, 1.54) is 11.3 Å². The molecule has 1 aromatic rings. The molecule has 0 bridgehead atoms. The number of anilines is 1. The van der Waals surface area contributed by atoms with Crippen LogP contribution >= 0.6 is 11.3 Å². The number of hydrogen-bond donors (Lipinski definition) is 2. The number of urea groups is 1. The Morgan fingerprint density at radius 2 is 2.13 bits per heavy atom. The van der Waals surface area contributed by atoms with Crippen LogP contribution in [0.1, 0.15) is 50.5 Å². The quantitative estimate of drug-likeness (QED) is 0.765. The van der Waals surface area contributed by atoms with Crippen molar-refractivity contribution in [3.8, 4) is 0 Å². The molecular weight excluding hydrogens is 318 g/mol. The van der Waals surface area contributed by atoms with Crippen molar-refractivity contribution in [2.75, 3.05) is 11.9 Å². The van der Waals surface area contributed by atoms with Gasteiger partial charge < -0.3 is 10.6 Å². The second-order valence-corrected chi connectivity index (χ2v) is 7.39. The lowest BCUT2D eigenvalue weighted by Crippen LogP contribution is -2.40. The third-order valence-electron chi connectivity index (χ3n) is 3.84. The average molecular weight is 337 g/mol. The smallest absolute Gasteiger partial charge is 0.324 e. The van der Waals surface area contributed by atoms with Crippen molar-refractivity contribution >= 4 is 34.3 Å². The van der Waals surface area contributed by atoms with Gasteiger partial charge in [0.25, 0.3) is 5.91 Å². The molecule has 2 fully saturated rings. The standard InChI is InChI=1S/C14H19N5O3S/c1-14(2)11(21)19(13(22)16-14)7-3-4-9(20)15-12-18-17-10(23-12)8-5-6-8/h8H,3-7H2,1-2H3,(H,16,22)(H,15,18,20). The van der Waals surface area contributed by atoms with Gasteiger partial charge >= 0.3 is 6.03 Å². The largest absolute Gasteiger partial charge is 0.325 e. The number of carbonyl (C=O) groups excluding carboxylic acids is 3. The predicted octanol–water partition coefficient (Wildman–Crippen LogP) is 1.46. The lowest BCUT2D eigenvalue weighted by Gasteiger charge is -2.15. The summed E-state index contributed by atoms with van der Waals surface area (Å²) in [6.07, 6.45) is 2.92. The summed E-state index contributed by atoms with van der Waals surface area (Å²) in [5.74, 6) is 0.0668. The van der Waals surface area contributed by atoms with E-state index in [0.717, 1.165) is 22.7 Å². The Labute approximate surface area is 137 Å². The molecular formula is C14H19N5O3S. The van der Waals surface area contributed by atoms with E-state index in [1.54, 1.807) is 13.8 Å². The molecule has 23 heavy (non-hydrogen) atoms. The highest BCUT2D eigenvalue weighted by Gasteiger charge is 2.43. The van der Waals surface area contributed by atoms with Crippen LogP contribution < -0.4 is 10.6 Å². The van der Waals surface area contributed by atoms with Gasteiger partial charge in [0, 0.05) is 18.9 Å². The second-order valence-electron chi connectivity index (χ2n) is 6.38. The normalized spacial score (nSPS) is 19.8. The Balaban J connectivity index is 1.44. The minimum Gasteiger partial charge on any atom is -0.324 e.